The summed E-state index contributed by atoms with van der Waals surface area (Å²) in [5.41, 5.74) is 1.60. The van der Waals surface area contributed by atoms with Crippen molar-refractivity contribution in [3.05, 3.63) is 101 Å². The molecule has 0 amide bonds. The van der Waals surface area contributed by atoms with Gasteiger partial charge in [0, 0.05) is 44.1 Å². The van der Waals surface area contributed by atoms with Crippen LogP contribution in [0.15, 0.2) is 89.8 Å². The molecule has 9 nitrogen and oxygen atoms in total. The first-order valence-corrected chi connectivity index (χ1v) is 14.4. The molecule has 0 saturated carbocycles. The van der Waals surface area contributed by atoms with Crippen molar-refractivity contribution in [3.8, 4) is 11.5 Å². The largest absolute Gasteiger partial charge is 0.487 e. The fourth-order valence-electron chi connectivity index (χ4n) is 4.44. The zero-order valence-corrected chi connectivity index (χ0v) is 23.6. The molecule has 210 valence electrons. The Morgan fingerprint density at radius 3 is 2.12 bits per heavy atom. The van der Waals surface area contributed by atoms with E-state index in [2.05, 4.69) is 0 Å². The van der Waals surface area contributed by atoms with Crippen LogP contribution in [-0.2, 0) is 16.6 Å². The van der Waals surface area contributed by atoms with Gasteiger partial charge in [-0.25, -0.2) is 12.7 Å². The van der Waals surface area contributed by atoms with Crippen molar-refractivity contribution in [2.75, 3.05) is 39.2 Å². The van der Waals surface area contributed by atoms with Crippen molar-refractivity contribution < 1.29 is 22.8 Å². The first-order valence-electron chi connectivity index (χ1n) is 12.9. The molecule has 0 aliphatic rings. The minimum atomic E-state index is -3.73. The highest BCUT2D eigenvalue weighted by Crippen LogP contribution is 2.37. The average molecular weight is 564 g/mol. The lowest BCUT2D eigenvalue weighted by atomic mass is 10.1. The zero-order chi connectivity index (χ0) is 28.7. The van der Waals surface area contributed by atoms with Crippen LogP contribution in [0.3, 0.4) is 0 Å². The van der Waals surface area contributed by atoms with Crippen LogP contribution in [0.2, 0.25) is 0 Å². The highest BCUT2D eigenvalue weighted by Gasteiger charge is 2.24. The molecule has 40 heavy (non-hydrogen) atoms. The molecule has 4 aromatic carbocycles. The summed E-state index contributed by atoms with van der Waals surface area (Å²) in [4.78, 5) is 13.5. The molecule has 0 saturated heterocycles. The number of rotatable bonds is 13. The molecule has 0 aliphatic heterocycles. The molecule has 0 unspecified atom stereocenters. The molecule has 0 fully saturated rings. The molecule has 0 N–H and O–H groups in total. The normalized spacial score (nSPS) is 11.5. The summed E-state index contributed by atoms with van der Waals surface area (Å²) < 4.78 is 39.6. The van der Waals surface area contributed by atoms with E-state index in [0.29, 0.717) is 18.2 Å². The maximum Gasteiger partial charge on any atom is 0.352 e. The van der Waals surface area contributed by atoms with E-state index < -0.39 is 14.9 Å². The van der Waals surface area contributed by atoms with Gasteiger partial charge in [-0.3, -0.25) is 10.1 Å². The third kappa shape index (κ3) is 6.52. The number of sulfonamides is 1. The third-order valence-electron chi connectivity index (χ3n) is 6.54. The van der Waals surface area contributed by atoms with Gasteiger partial charge >= 0.3 is 5.69 Å². The van der Waals surface area contributed by atoms with E-state index in [1.807, 2.05) is 73.6 Å². The predicted molar refractivity (Wildman–Crippen MR) is 157 cm³/mol. The second kappa shape index (κ2) is 12.8. The van der Waals surface area contributed by atoms with Crippen molar-refractivity contribution >= 4 is 32.2 Å². The molecule has 0 bridgehead atoms. The number of benzene rings is 4. The van der Waals surface area contributed by atoms with Gasteiger partial charge in [-0.2, -0.15) is 0 Å². The molecule has 0 aliphatic carbocycles. The molecule has 0 atom stereocenters. The van der Waals surface area contributed by atoms with Gasteiger partial charge in [-0.15, -0.1) is 0 Å². The lowest BCUT2D eigenvalue weighted by Gasteiger charge is -2.20. The lowest BCUT2D eigenvalue weighted by Crippen LogP contribution is -2.28. The molecule has 4 rings (SSSR count). The summed E-state index contributed by atoms with van der Waals surface area (Å²) in [5, 5.41) is 13.3. The number of hydrogen-bond donors (Lipinski definition) is 0. The Morgan fingerprint density at radius 2 is 1.43 bits per heavy atom. The van der Waals surface area contributed by atoms with Crippen LogP contribution in [0.5, 0.6) is 11.5 Å². The Labute approximate surface area is 234 Å². The number of ether oxygens (including phenoxy) is 2. The second-order valence-electron chi connectivity index (χ2n) is 9.54. The van der Waals surface area contributed by atoms with E-state index >= 15 is 0 Å². The standard InChI is InChI=1S/C30H33N3O6S/c1-31(2)26-16-9-15-25-24(26)14-10-19-29(25)40(36,37)32(3)20-7-8-21-38-27-17-11-18-28(30(27)33(34)35)39-22-23-12-5-4-6-13-23/h4-6,9-19H,7-8,20-22H2,1-3H3. The van der Waals surface area contributed by atoms with Crippen molar-refractivity contribution in [1.29, 1.82) is 0 Å². The van der Waals surface area contributed by atoms with Gasteiger partial charge in [0.1, 0.15) is 6.61 Å². The highest BCUT2D eigenvalue weighted by atomic mass is 32.2. The first-order chi connectivity index (χ1) is 19.2. The Bertz CT molecular complexity index is 1580. The van der Waals surface area contributed by atoms with Crippen molar-refractivity contribution in [2.24, 2.45) is 0 Å². The number of nitro groups is 1. The zero-order valence-electron chi connectivity index (χ0n) is 22.8. The van der Waals surface area contributed by atoms with Gasteiger partial charge in [0.2, 0.25) is 21.5 Å². The maximum atomic E-state index is 13.4. The van der Waals surface area contributed by atoms with Gasteiger partial charge < -0.3 is 14.4 Å². The van der Waals surface area contributed by atoms with E-state index in [4.69, 9.17) is 9.47 Å². The Kier molecular flexibility index (Phi) is 9.23. The summed E-state index contributed by atoms with van der Waals surface area (Å²) >= 11 is 0. The number of nitrogens with zero attached hydrogens (tertiary/aromatic N) is 3. The van der Waals surface area contributed by atoms with Crippen molar-refractivity contribution in [3.63, 3.8) is 0 Å². The topological polar surface area (TPSA) is 102 Å². The van der Waals surface area contributed by atoms with Gasteiger partial charge in [-0.1, -0.05) is 60.7 Å². The summed E-state index contributed by atoms with van der Waals surface area (Å²) in [7, 11) is 1.67. The van der Waals surface area contributed by atoms with Gasteiger partial charge in [0.25, 0.3) is 0 Å². The van der Waals surface area contributed by atoms with E-state index in [-0.39, 0.29) is 41.8 Å². The fourth-order valence-corrected chi connectivity index (χ4v) is 5.85. The van der Waals surface area contributed by atoms with Crippen molar-refractivity contribution in [1.82, 2.24) is 4.31 Å². The molecular formula is C30H33N3O6S. The van der Waals surface area contributed by atoms with Crippen LogP contribution >= 0.6 is 0 Å². The van der Waals surface area contributed by atoms with Crippen LogP contribution in [-0.4, -0.2) is 51.9 Å². The minimum absolute atomic E-state index is 0.115. The average Bonchev–Trinajstić information content (AvgIpc) is 2.95. The highest BCUT2D eigenvalue weighted by molar-refractivity contribution is 7.89. The number of anilines is 1. The van der Waals surface area contributed by atoms with E-state index in [1.54, 1.807) is 31.3 Å². The molecular weight excluding hydrogens is 530 g/mol. The SMILES string of the molecule is CN(C)c1cccc2c(S(=O)(=O)N(C)CCCCOc3cccc(OCc4ccccc4)c3[N+](=O)[O-])cccc12. The van der Waals surface area contributed by atoms with Crippen LogP contribution in [0.4, 0.5) is 11.4 Å². The number of nitro benzene ring substituents is 1. The monoisotopic (exact) mass is 563 g/mol. The Hall–Kier alpha value is -4.15. The van der Waals surface area contributed by atoms with Crippen molar-refractivity contribution in [2.45, 2.75) is 24.3 Å². The fraction of sp³-hybridized carbons (Fsp3) is 0.267. The van der Waals surface area contributed by atoms with E-state index in [9.17, 15) is 18.5 Å². The van der Waals surface area contributed by atoms with Crippen LogP contribution in [0.1, 0.15) is 18.4 Å². The number of para-hydroxylation sites is 1. The smallest absolute Gasteiger partial charge is 0.352 e. The maximum absolute atomic E-state index is 13.4. The van der Waals surface area contributed by atoms with E-state index in [0.717, 1.165) is 16.6 Å². The molecule has 10 heteroatoms. The molecule has 0 spiro atoms. The quantitative estimate of drug-likeness (QED) is 0.114. The second-order valence-corrected chi connectivity index (χ2v) is 11.6. The summed E-state index contributed by atoms with van der Waals surface area (Å²) in [6, 6.07) is 25.1. The van der Waals surface area contributed by atoms with Gasteiger partial charge in [0.15, 0.2) is 0 Å². The summed E-state index contributed by atoms with van der Waals surface area (Å²) in [6.07, 6.45) is 1.02. The molecule has 4 aromatic rings. The summed E-state index contributed by atoms with van der Waals surface area (Å²) in [6.45, 7) is 0.661. The first kappa shape index (κ1) is 28.8. The number of fused-ring (bicyclic) bond motifs is 1. The molecule has 0 heterocycles. The molecule has 0 radical (unpaired) electrons. The predicted octanol–water partition coefficient (Wildman–Crippen LogP) is 5.87. The van der Waals surface area contributed by atoms with Gasteiger partial charge in [-0.05, 0) is 42.7 Å². The Balaban J connectivity index is 1.37. The van der Waals surface area contributed by atoms with Crippen LogP contribution in [0, 0.1) is 10.1 Å². The Morgan fingerprint density at radius 1 is 0.775 bits per heavy atom. The lowest BCUT2D eigenvalue weighted by molar-refractivity contribution is -0.387. The number of hydrogen-bond acceptors (Lipinski definition) is 7. The van der Waals surface area contributed by atoms with Gasteiger partial charge in [0.05, 0.1) is 16.4 Å². The molecule has 0 aromatic heterocycles. The minimum Gasteiger partial charge on any atom is -0.487 e. The van der Waals surface area contributed by atoms with Crippen LogP contribution in [0.25, 0.3) is 10.8 Å². The van der Waals surface area contributed by atoms with E-state index in [1.165, 1.54) is 10.4 Å². The number of unbranched alkanes of at least 4 members (excludes halogenated alkanes) is 1. The third-order valence-corrected chi connectivity index (χ3v) is 8.45. The van der Waals surface area contributed by atoms with Crippen LogP contribution < -0.4 is 14.4 Å². The summed E-state index contributed by atoms with van der Waals surface area (Å²) in [5.74, 6) is 0.244.